The van der Waals surface area contributed by atoms with Gasteiger partial charge in [-0.1, -0.05) is 18.2 Å². The molecule has 0 saturated heterocycles. The van der Waals surface area contributed by atoms with Crippen LogP contribution in [0.25, 0.3) is 11.0 Å². The van der Waals surface area contributed by atoms with E-state index in [0.29, 0.717) is 17.6 Å². The van der Waals surface area contributed by atoms with E-state index in [0.717, 1.165) is 12.1 Å². The van der Waals surface area contributed by atoms with E-state index in [4.69, 9.17) is 0 Å². The predicted octanol–water partition coefficient (Wildman–Crippen LogP) is 1.88. The maximum atomic E-state index is 12.6. The van der Waals surface area contributed by atoms with E-state index in [1.54, 1.807) is 9.58 Å². The summed E-state index contributed by atoms with van der Waals surface area (Å²) in [5, 5.41) is 7.66. The number of nitrogens with zero attached hydrogens (tertiary/aromatic N) is 4. The monoisotopic (exact) mass is 366 g/mol. The molecule has 2 aromatic heterocycles. The van der Waals surface area contributed by atoms with Gasteiger partial charge in [0.05, 0.1) is 18.3 Å². The largest absolute Gasteiger partial charge is 0.347 e. The fourth-order valence-electron chi connectivity index (χ4n) is 3.35. The first kappa shape index (κ1) is 17.3. The third kappa shape index (κ3) is 3.07. The number of rotatable bonds is 3. The molecule has 8 heteroatoms. The van der Waals surface area contributed by atoms with Crippen LogP contribution in [0.2, 0.25) is 0 Å². The molecular formula is C19H22N6O2. The van der Waals surface area contributed by atoms with Crippen LogP contribution in [-0.2, 0) is 16.8 Å². The van der Waals surface area contributed by atoms with Crippen LogP contribution in [0.4, 0.5) is 11.6 Å². The molecule has 0 aliphatic carbocycles. The highest BCUT2D eigenvalue weighted by molar-refractivity contribution is 5.97. The van der Waals surface area contributed by atoms with Crippen molar-refractivity contribution in [2.24, 2.45) is 0 Å². The summed E-state index contributed by atoms with van der Waals surface area (Å²) < 4.78 is 1.71. The molecule has 2 N–H and O–H groups in total. The van der Waals surface area contributed by atoms with Gasteiger partial charge in [-0.05, 0) is 38.8 Å². The van der Waals surface area contributed by atoms with Crippen molar-refractivity contribution in [3.05, 3.63) is 46.4 Å². The second-order valence-electron chi connectivity index (χ2n) is 7.66. The Morgan fingerprint density at radius 3 is 2.85 bits per heavy atom. The molecular weight excluding hydrogens is 344 g/mol. The molecule has 4 rings (SSSR count). The van der Waals surface area contributed by atoms with E-state index in [1.165, 1.54) is 11.8 Å². The second-order valence-corrected chi connectivity index (χ2v) is 7.66. The summed E-state index contributed by atoms with van der Waals surface area (Å²) in [4.78, 5) is 33.9. The first-order chi connectivity index (χ1) is 12.8. The Balaban J connectivity index is 1.56. The fraction of sp³-hybridized carbons (Fsp3) is 0.368. The van der Waals surface area contributed by atoms with Crippen molar-refractivity contribution in [3.8, 4) is 0 Å². The lowest BCUT2D eigenvalue weighted by Crippen LogP contribution is -2.34. The summed E-state index contributed by atoms with van der Waals surface area (Å²) in [6, 6.07) is 7.90. The van der Waals surface area contributed by atoms with Gasteiger partial charge in [-0.15, -0.1) is 0 Å². The number of anilines is 2. The van der Waals surface area contributed by atoms with Gasteiger partial charge in [0.2, 0.25) is 11.9 Å². The van der Waals surface area contributed by atoms with Crippen LogP contribution in [0.5, 0.6) is 0 Å². The Morgan fingerprint density at radius 2 is 2.07 bits per heavy atom. The fourth-order valence-corrected chi connectivity index (χ4v) is 3.35. The van der Waals surface area contributed by atoms with E-state index >= 15 is 0 Å². The van der Waals surface area contributed by atoms with Crippen molar-refractivity contribution >= 4 is 28.6 Å². The van der Waals surface area contributed by atoms with Gasteiger partial charge in [0.1, 0.15) is 5.39 Å². The van der Waals surface area contributed by atoms with E-state index in [9.17, 15) is 9.59 Å². The van der Waals surface area contributed by atoms with E-state index < -0.39 is 0 Å². The van der Waals surface area contributed by atoms with Crippen LogP contribution >= 0.6 is 0 Å². The molecule has 0 fully saturated rings. The first-order valence-corrected chi connectivity index (χ1v) is 8.95. The minimum atomic E-state index is -0.311. The first-order valence-electron chi connectivity index (χ1n) is 8.95. The molecule has 0 unspecified atom stereocenters. The lowest BCUT2D eigenvalue weighted by Gasteiger charge is -2.20. The molecule has 0 radical (unpaired) electrons. The molecule has 27 heavy (non-hydrogen) atoms. The number of aromatic amines is 1. The van der Waals surface area contributed by atoms with Crippen LogP contribution in [0.1, 0.15) is 26.3 Å². The topological polar surface area (TPSA) is 95.9 Å². The van der Waals surface area contributed by atoms with Crippen molar-refractivity contribution in [2.75, 3.05) is 23.3 Å². The summed E-state index contributed by atoms with van der Waals surface area (Å²) in [6.45, 7) is 6.68. The molecule has 140 valence electrons. The zero-order valence-electron chi connectivity index (χ0n) is 15.6. The SMILES string of the molecule is CC(C)(C)n1ncc2c(=O)[nH]c(NCC(=O)N3CCc4ccccc43)nc21. The number of carbonyl (C=O) groups excluding carboxylic acids is 1. The van der Waals surface area contributed by atoms with E-state index in [2.05, 4.69) is 20.4 Å². The Hall–Kier alpha value is -3.16. The van der Waals surface area contributed by atoms with Crippen molar-refractivity contribution in [1.29, 1.82) is 0 Å². The number of carbonyl (C=O) groups is 1. The summed E-state index contributed by atoms with van der Waals surface area (Å²) in [6.07, 6.45) is 2.37. The standard InChI is InChI=1S/C19H22N6O2/c1-19(2,3)25-16-13(10-21-25)17(27)23-18(22-16)20-11-15(26)24-9-8-12-6-4-5-7-14(12)24/h4-7,10H,8-9,11H2,1-3H3,(H2,20,22,23,27). The molecule has 0 saturated carbocycles. The summed E-state index contributed by atoms with van der Waals surface area (Å²) in [5.74, 6) is 0.200. The molecule has 1 aliphatic rings. The van der Waals surface area contributed by atoms with Crippen LogP contribution < -0.4 is 15.8 Å². The van der Waals surface area contributed by atoms with Crippen molar-refractivity contribution in [2.45, 2.75) is 32.7 Å². The maximum Gasteiger partial charge on any atom is 0.263 e. The molecule has 0 atom stereocenters. The third-order valence-corrected chi connectivity index (χ3v) is 4.67. The average Bonchev–Trinajstić information content (AvgIpc) is 3.23. The lowest BCUT2D eigenvalue weighted by atomic mass is 10.1. The van der Waals surface area contributed by atoms with Crippen LogP contribution in [0, 0.1) is 0 Å². The lowest BCUT2D eigenvalue weighted by molar-refractivity contribution is -0.116. The second kappa shape index (κ2) is 6.22. The quantitative estimate of drug-likeness (QED) is 0.738. The highest BCUT2D eigenvalue weighted by Gasteiger charge is 2.24. The number of hydrogen-bond acceptors (Lipinski definition) is 5. The van der Waals surface area contributed by atoms with Gasteiger partial charge >= 0.3 is 0 Å². The maximum absolute atomic E-state index is 12.6. The van der Waals surface area contributed by atoms with Gasteiger partial charge in [-0.25, -0.2) is 4.68 Å². The molecule has 1 amide bonds. The number of nitrogens with one attached hydrogen (secondary N) is 2. The van der Waals surface area contributed by atoms with Crippen LogP contribution in [-0.4, -0.2) is 38.7 Å². The van der Waals surface area contributed by atoms with Crippen molar-refractivity contribution < 1.29 is 4.79 Å². The zero-order valence-corrected chi connectivity index (χ0v) is 15.6. The van der Waals surface area contributed by atoms with E-state index in [1.807, 2.05) is 45.0 Å². The molecule has 0 bridgehead atoms. The molecule has 0 spiro atoms. The number of aromatic nitrogens is 4. The predicted molar refractivity (Wildman–Crippen MR) is 104 cm³/mol. The van der Waals surface area contributed by atoms with E-state index in [-0.39, 0.29) is 29.5 Å². The minimum absolute atomic E-state index is 0.0481. The minimum Gasteiger partial charge on any atom is -0.347 e. The average molecular weight is 366 g/mol. The number of amides is 1. The molecule has 1 aliphatic heterocycles. The highest BCUT2D eigenvalue weighted by atomic mass is 16.2. The van der Waals surface area contributed by atoms with Gasteiger partial charge < -0.3 is 10.2 Å². The van der Waals surface area contributed by atoms with Crippen LogP contribution in [0.15, 0.2) is 35.3 Å². The van der Waals surface area contributed by atoms with Crippen molar-refractivity contribution in [3.63, 3.8) is 0 Å². The van der Waals surface area contributed by atoms with Crippen molar-refractivity contribution in [1.82, 2.24) is 19.7 Å². The molecule has 3 heterocycles. The van der Waals surface area contributed by atoms with Crippen LogP contribution in [0.3, 0.4) is 0 Å². The van der Waals surface area contributed by atoms with Gasteiger partial charge in [-0.2, -0.15) is 10.1 Å². The summed E-state index contributed by atoms with van der Waals surface area (Å²) >= 11 is 0. The molecule has 1 aromatic carbocycles. The Morgan fingerprint density at radius 1 is 1.30 bits per heavy atom. The highest BCUT2D eigenvalue weighted by Crippen LogP contribution is 2.27. The Labute approximate surface area is 156 Å². The number of hydrogen-bond donors (Lipinski definition) is 2. The normalized spacial score (nSPS) is 13.8. The Bertz CT molecular complexity index is 1080. The number of benzene rings is 1. The van der Waals surface area contributed by atoms with Gasteiger partial charge in [-0.3, -0.25) is 14.6 Å². The molecule has 3 aromatic rings. The number of H-pyrrole nitrogens is 1. The molecule has 8 nitrogen and oxygen atoms in total. The Kier molecular flexibility index (Phi) is 3.98. The summed E-state index contributed by atoms with van der Waals surface area (Å²) in [7, 11) is 0. The summed E-state index contributed by atoms with van der Waals surface area (Å²) in [5.41, 5.74) is 2.03. The third-order valence-electron chi connectivity index (χ3n) is 4.67. The number of para-hydroxylation sites is 1. The van der Waals surface area contributed by atoms with Gasteiger partial charge in [0, 0.05) is 12.2 Å². The smallest absolute Gasteiger partial charge is 0.263 e. The van der Waals surface area contributed by atoms with Gasteiger partial charge in [0.15, 0.2) is 5.65 Å². The number of fused-ring (bicyclic) bond motifs is 2. The van der Waals surface area contributed by atoms with Gasteiger partial charge in [0.25, 0.3) is 5.56 Å². The zero-order chi connectivity index (χ0) is 19.2.